The second-order valence-electron chi connectivity index (χ2n) is 9.28. The lowest BCUT2D eigenvalue weighted by Gasteiger charge is -2.57. The Labute approximate surface area is 157 Å². The number of fused-ring (bicyclic) bond motifs is 5. The first kappa shape index (κ1) is 17.9. The molecule has 0 aromatic rings. The molecule has 26 heavy (non-hydrogen) atoms. The normalized spacial score (nSPS) is 44.0. The van der Waals surface area contributed by atoms with Gasteiger partial charge >= 0.3 is 5.97 Å². The minimum atomic E-state index is -0.145. The molecule has 0 heterocycles. The summed E-state index contributed by atoms with van der Waals surface area (Å²) >= 11 is 0. The third kappa shape index (κ3) is 2.58. The van der Waals surface area contributed by atoms with Crippen molar-refractivity contribution in [2.75, 3.05) is 0 Å². The first-order chi connectivity index (χ1) is 12.4. The van der Waals surface area contributed by atoms with Gasteiger partial charge < -0.3 is 9.47 Å². The van der Waals surface area contributed by atoms with Crippen molar-refractivity contribution in [3.63, 3.8) is 0 Å². The molecule has 3 heteroatoms. The van der Waals surface area contributed by atoms with Crippen molar-refractivity contribution in [2.24, 2.45) is 28.6 Å². The number of hydrogen-bond acceptors (Lipinski definition) is 3. The monoisotopic (exact) mass is 356 g/mol. The van der Waals surface area contributed by atoms with Crippen LogP contribution < -0.4 is 0 Å². The zero-order valence-corrected chi connectivity index (χ0v) is 16.4. The number of carbonyl (C=O) groups is 1. The summed E-state index contributed by atoms with van der Waals surface area (Å²) in [5.74, 6) is 3.16. The lowest BCUT2D eigenvalue weighted by Crippen LogP contribution is -2.50. The summed E-state index contributed by atoms with van der Waals surface area (Å²) in [7, 11) is 0. The minimum Gasteiger partial charge on any atom is -0.470 e. The molecule has 0 aromatic carbocycles. The van der Waals surface area contributed by atoms with Gasteiger partial charge in [-0.05, 0) is 67.8 Å². The van der Waals surface area contributed by atoms with Crippen molar-refractivity contribution >= 4 is 5.97 Å². The van der Waals surface area contributed by atoms with E-state index >= 15 is 0 Å². The summed E-state index contributed by atoms with van der Waals surface area (Å²) in [6, 6.07) is 0. The molecule has 0 aromatic heterocycles. The highest BCUT2D eigenvalue weighted by molar-refractivity contribution is 5.66. The molecule has 2 fully saturated rings. The van der Waals surface area contributed by atoms with Crippen molar-refractivity contribution in [1.82, 2.24) is 0 Å². The van der Waals surface area contributed by atoms with Crippen LogP contribution in [0, 0.1) is 28.6 Å². The third-order valence-corrected chi connectivity index (χ3v) is 8.11. The van der Waals surface area contributed by atoms with Crippen LogP contribution in [0.25, 0.3) is 0 Å². The Bertz CT molecular complexity index is 675. The second-order valence-corrected chi connectivity index (χ2v) is 9.28. The molecular formula is C23H32O3. The maximum atomic E-state index is 11.4. The first-order valence-electron chi connectivity index (χ1n) is 10.2. The quantitative estimate of drug-likeness (QED) is 0.379. The van der Waals surface area contributed by atoms with Crippen LogP contribution >= 0.6 is 0 Å². The second kappa shape index (κ2) is 6.28. The summed E-state index contributed by atoms with van der Waals surface area (Å²) in [4.78, 5) is 11.4. The van der Waals surface area contributed by atoms with Gasteiger partial charge in [-0.2, -0.15) is 0 Å². The van der Waals surface area contributed by atoms with Gasteiger partial charge in [-0.25, -0.2) is 0 Å². The van der Waals surface area contributed by atoms with Crippen molar-refractivity contribution in [1.29, 1.82) is 0 Å². The predicted molar refractivity (Wildman–Crippen MR) is 102 cm³/mol. The van der Waals surface area contributed by atoms with Gasteiger partial charge in [0.25, 0.3) is 0 Å². The lowest BCUT2D eigenvalue weighted by molar-refractivity contribution is -0.148. The summed E-state index contributed by atoms with van der Waals surface area (Å²) in [5, 5.41) is 0. The third-order valence-electron chi connectivity index (χ3n) is 8.11. The van der Waals surface area contributed by atoms with Crippen molar-refractivity contribution in [2.45, 2.75) is 71.8 Å². The Morgan fingerprint density at radius 1 is 1.15 bits per heavy atom. The van der Waals surface area contributed by atoms with Crippen LogP contribution in [0.3, 0.4) is 0 Å². The van der Waals surface area contributed by atoms with E-state index in [1.807, 2.05) is 0 Å². The van der Waals surface area contributed by atoms with E-state index in [4.69, 9.17) is 9.47 Å². The van der Waals surface area contributed by atoms with Crippen LogP contribution in [0.15, 0.2) is 36.3 Å². The van der Waals surface area contributed by atoms with Crippen LogP contribution in [0.2, 0.25) is 0 Å². The Morgan fingerprint density at radius 2 is 1.92 bits per heavy atom. The smallest absolute Gasteiger partial charge is 0.302 e. The van der Waals surface area contributed by atoms with Crippen molar-refractivity contribution in [3.05, 3.63) is 36.3 Å². The Kier molecular flexibility index (Phi) is 4.32. The average molecular weight is 357 g/mol. The van der Waals surface area contributed by atoms with Crippen LogP contribution in [-0.4, -0.2) is 12.1 Å². The molecule has 0 spiro atoms. The summed E-state index contributed by atoms with van der Waals surface area (Å²) in [5.41, 5.74) is 2.00. The van der Waals surface area contributed by atoms with E-state index in [2.05, 4.69) is 32.6 Å². The Balaban J connectivity index is 1.57. The van der Waals surface area contributed by atoms with Gasteiger partial charge in [-0.3, -0.25) is 4.79 Å². The molecule has 4 rings (SSSR count). The van der Waals surface area contributed by atoms with Crippen molar-refractivity contribution in [3.8, 4) is 0 Å². The van der Waals surface area contributed by atoms with E-state index in [1.165, 1.54) is 19.8 Å². The average Bonchev–Trinajstić information content (AvgIpc) is 2.92. The van der Waals surface area contributed by atoms with Crippen LogP contribution in [0.4, 0.5) is 0 Å². The summed E-state index contributed by atoms with van der Waals surface area (Å²) in [6.07, 6.45) is 14.3. The number of hydrogen-bond donors (Lipinski definition) is 0. The van der Waals surface area contributed by atoms with E-state index in [-0.39, 0.29) is 22.9 Å². The van der Waals surface area contributed by atoms with Gasteiger partial charge in [-0.1, -0.05) is 32.1 Å². The van der Waals surface area contributed by atoms with Gasteiger partial charge in [0, 0.05) is 18.8 Å². The van der Waals surface area contributed by atoms with Crippen molar-refractivity contribution < 1.29 is 14.3 Å². The topological polar surface area (TPSA) is 35.5 Å². The fourth-order valence-corrected chi connectivity index (χ4v) is 6.76. The molecule has 0 amide bonds. The molecule has 2 saturated carbocycles. The Hall–Kier alpha value is -1.51. The van der Waals surface area contributed by atoms with Gasteiger partial charge in [0.05, 0.1) is 6.26 Å². The molecule has 4 aliphatic carbocycles. The van der Waals surface area contributed by atoms with Gasteiger partial charge in [0.1, 0.15) is 11.9 Å². The van der Waals surface area contributed by atoms with Crippen LogP contribution in [-0.2, 0) is 14.3 Å². The Morgan fingerprint density at radius 3 is 2.65 bits per heavy atom. The van der Waals surface area contributed by atoms with E-state index in [0.29, 0.717) is 5.92 Å². The lowest BCUT2D eigenvalue weighted by atomic mass is 9.48. The molecule has 0 N–H and O–H groups in total. The van der Waals surface area contributed by atoms with E-state index < -0.39 is 0 Å². The zero-order valence-electron chi connectivity index (χ0n) is 16.4. The SMILES string of the molecule is C=COC1=CCC2C3CC=C4CC(OC(C)=O)CCC4(C)C3CCC12C. The van der Waals surface area contributed by atoms with Gasteiger partial charge in [0.15, 0.2) is 0 Å². The number of ether oxygens (including phenoxy) is 2. The largest absolute Gasteiger partial charge is 0.470 e. The molecule has 4 aliphatic rings. The molecule has 0 radical (unpaired) electrons. The maximum Gasteiger partial charge on any atom is 0.302 e. The van der Waals surface area contributed by atoms with E-state index in [9.17, 15) is 4.79 Å². The molecule has 142 valence electrons. The summed E-state index contributed by atoms with van der Waals surface area (Å²) < 4.78 is 11.3. The molecule has 0 aliphatic heterocycles. The fraction of sp³-hybridized carbons (Fsp3) is 0.696. The highest BCUT2D eigenvalue weighted by atomic mass is 16.5. The number of allylic oxidation sites excluding steroid dienone is 3. The molecule has 6 atom stereocenters. The number of esters is 1. The van der Waals surface area contributed by atoms with Gasteiger partial charge in [-0.15, -0.1) is 0 Å². The first-order valence-corrected chi connectivity index (χ1v) is 10.2. The highest BCUT2D eigenvalue weighted by Crippen LogP contribution is 2.65. The van der Waals surface area contributed by atoms with E-state index in [0.717, 1.165) is 49.7 Å². The number of carbonyl (C=O) groups excluding carboxylic acids is 1. The molecule has 3 nitrogen and oxygen atoms in total. The fourth-order valence-electron chi connectivity index (χ4n) is 6.76. The van der Waals surface area contributed by atoms with Crippen LogP contribution in [0.1, 0.15) is 65.7 Å². The molecular weight excluding hydrogens is 324 g/mol. The van der Waals surface area contributed by atoms with Gasteiger partial charge in [0.2, 0.25) is 0 Å². The standard InChI is InChI=1S/C23H32O3/c1-5-25-21-9-8-19-18-7-6-16-14-17(26-15(2)24)10-12-22(16,3)20(18)11-13-23(19,21)4/h5-6,9,17-20H,1,7-8,10-14H2,2-4H3. The highest BCUT2D eigenvalue weighted by Gasteiger charge is 2.57. The predicted octanol–water partition coefficient (Wildman–Crippen LogP) is 5.53. The number of rotatable bonds is 3. The zero-order chi connectivity index (χ0) is 18.5. The van der Waals surface area contributed by atoms with E-state index in [1.54, 1.807) is 11.8 Å². The van der Waals surface area contributed by atoms with Crippen LogP contribution in [0.5, 0.6) is 0 Å². The molecule has 6 unspecified atom stereocenters. The minimum absolute atomic E-state index is 0.0815. The maximum absolute atomic E-state index is 11.4. The molecule has 0 bridgehead atoms. The molecule has 0 saturated heterocycles. The summed E-state index contributed by atoms with van der Waals surface area (Å²) in [6.45, 7) is 10.2.